The number of likely N-dealkylation sites (N-methyl/N-ethyl adjacent to an activating group) is 1. The van der Waals surface area contributed by atoms with Gasteiger partial charge in [0.05, 0.1) is 19.4 Å². The van der Waals surface area contributed by atoms with Crippen molar-refractivity contribution in [3.8, 4) is 11.5 Å². The Hall–Kier alpha value is -5.49. The Kier molecular flexibility index (Phi) is 15.7. The number of nitrogens with one attached hydrogen (secondary N) is 3. The summed E-state index contributed by atoms with van der Waals surface area (Å²) in [4.78, 5) is 43.3. The number of nitrogens with zero attached hydrogens (tertiary/aromatic N) is 3. The highest BCUT2D eigenvalue weighted by Crippen LogP contribution is 2.47. The standard InChI is InChI=1S/C32H46N6O4.C9H10O2.C6H6/c1-33-30(40)26(9-6-18-39)35-31(41)27-19-29(42-2)28(20-34-27)37-16-14-36(15-17-37)21-24-10-12-32(13-11-24)22-38(23-32)25-7-4-3-5-8-25;10-8-4-3-7-2-1-5-11-9(7)6-8;1-2-4-6-5-3-1/h3-5,7-8,18-20,24,26-27,34H,6,9-17,21-23H2,1-2H3,(H,33,40)(H,35,41);3-4,6,10H,1-2,5H2;1-6H. The predicted molar refractivity (Wildman–Crippen MR) is 231 cm³/mol. The Morgan fingerprint density at radius 1 is 0.966 bits per heavy atom. The van der Waals surface area contributed by atoms with E-state index in [1.54, 1.807) is 25.3 Å². The summed E-state index contributed by atoms with van der Waals surface area (Å²) in [6, 6.07) is 26.7. The van der Waals surface area contributed by atoms with Crippen molar-refractivity contribution in [3.63, 3.8) is 0 Å². The number of dihydropyridines is 1. The zero-order valence-corrected chi connectivity index (χ0v) is 34.7. The number of piperazine rings is 1. The first-order valence-electron chi connectivity index (χ1n) is 21.2. The van der Waals surface area contributed by atoms with Crippen molar-refractivity contribution < 1.29 is 29.0 Å². The summed E-state index contributed by atoms with van der Waals surface area (Å²) in [6.45, 7) is 8.18. The van der Waals surface area contributed by atoms with Crippen molar-refractivity contribution in [3.05, 3.63) is 114 Å². The number of para-hydroxylation sites is 1. The minimum atomic E-state index is -0.764. The van der Waals surface area contributed by atoms with Gasteiger partial charge in [-0.05, 0) is 80.7 Å². The van der Waals surface area contributed by atoms with E-state index in [2.05, 4.69) is 61.0 Å². The van der Waals surface area contributed by atoms with Crippen molar-refractivity contribution in [2.45, 2.75) is 63.5 Å². The van der Waals surface area contributed by atoms with Crippen molar-refractivity contribution >= 4 is 23.8 Å². The van der Waals surface area contributed by atoms with Crippen LogP contribution >= 0.6 is 0 Å². The van der Waals surface area contributed by atoms with E-state index in [1.165, 1.54) is 63.6 Å². The lowest BCUT2D eigenvalue weighted by atomic mass is 9.65. The van der Waals surface area contributed by atoms with Gasteiger partial charge in [-0.25, -0.2) is 0 Å². The van der Waals surface area contributed by atoms with Crippen LogP contribution in [0.5, 0.6) is 11.5 Å². The fraction of sp³-hybridized carbons (Fsp3) is 0.468. The van der Waals surface area contributed by atoms with Crippen LogP contribution in [0, 0.1) is 11.3 Å². The average Bonchev–Trinajstić information content (AvgIpc) is 3.28. The zero-order chi connectivity index (χ0) is 41.5. The minimum Gasteiger partial charge on any atom is -0.508 e. The molecule has 59 heavy (non-hydrogen) atoms. The van der Waals surface area contributed by atoms with Crippen LogP contribution in [0.1, 0.15) is 50.5 Å². The van der Waals surface area contributed by atoms with Gasteiger partial charge in [-0.1, -0.05) is 60.7 Å². The SMILES string of the molecule is CNC(=O)C(CCC=O)NC(=O)C1C=C(OC)C(N2CCN(CC3CCC4(CC3)CN(c3ccccc3)C4)CC2)=CN1.Oc1ccc2c(c1)OCCC2.c1ccccc1. The van der Waals surface area contributed by atoms with Crippen molar-refractivity contribution in [2.24, 2.45) is 11.3 Å². The topological polar surface area (TPSA) is 136 Å². The molecular weight excluding hydrogens is 745 g/mol. The molecule has 2 amide bonds. The van der Waals surface area contributed by atoms with Crippen LogP contribution in [-0.2, 0) is 25.5 Å². The first-order valence-corrected chi connectivity index (χ1v) is 21.2. The number of aromatic hydroxyl groups is 1. The van der Waals surface area contributed by atoms with E-state index in [9.17, 15) is 14.4 Å². The Morgan fingerprint density at radius 3 is 2.29 bits per heavy atom. The molecule has 2 saturated heterocycles. The average molecular weight is 807 g/mol. The van der Waals surface area contributed by atoms with E-state index in [4.69, 9.17) is 14.6 Å². The maximum absolute atomic E-state index is 12.9. The molecule has 1 saturated carbocycles. The van der Waals surface area contributed by atoms with Gasteiger partial charge in [-0.15, -0.1) is 0 Å². The number of rotatable bonds is 11. The van der Waals surface area contributed by atoms with Crippen LogP contribution in [0.25, 0.3) is 0 Å². The third-order valence-corrected chi connectivity index (χ3v) is 12.1. The first-order chi connectivity index (χ1) is 28.8. The van der Waals surface area contributed by atoms with E-state index in [0.29, 0.717) is 11.2 Å². The van der Waals surface area contributed by atoms with Gasteiger partial charge >= 0.3 is 0 Å². The molecule has 3 aromatic carbocycles. The number of ether oxygens (including phenoxy) is 2. The lowest BCUT2D eigenvalue weighted by molar-refractivity contribution is -0.129. The Morgan fingerprint density at radius 2 is 1.64 bits per heavy atom. The molecule has 4 aliphatic heterocycles. The molecule has 3 fully saturated rings. The number of amides is 2. The quantitative estimate of drug-likeness (QED) is 0.190. The molecule has 4 heterocycles. The van der Waals surface area contributed by atoms with Crippen LogP contribution in [-0.4, -0.2) is 112 Å². The molecule has 3 aromatic rings. The van der Waals surface area contributed by atoms with E-state index in [0.717, 1.165) is 69.3 Å². The first kappa shape index (κ1) is 43.1. The van der Waals surface area contributed by atoms with Gasteiger partial charge in [-0.3, -0.25) is 14.5 Å². The van der Waals surface area contributed by atoms with Gasteiger partial charge in [-0.2, -0.15) is 0 Å². The molecule has 2 unspecified atom stereocenters. The molecular formula is C47H62N6O6. The fourth-order valence-corrected chi connectivity index (χ4v) is 8.66. The number of methoxy groups -OCH3 is 1. The molecule has 1 spiro atoms. The van der Waals surface area contributed by atoms with Crippen molar-refractivity contribution in [1.29, 1.82) is 0 Å². The highest BCUT2D eigenvalue weighted by Gasteiger charge is 2.45. The van der Waals surface area contributed by atoms with Crippen LogP contribution in [0.3, 0.4) is 0 Å². The van der Waals surface area contributed by atoms with Gasteiger partial charge in [0.15, 0.2) is 0 Å². The van der Waals surface area contributed by atoms with Gasteiger partial charge in [0.25, 0.3) is 0 Å². The smallest absolute Gasteiger partial charge is 0.247 e. The maximum Gasteiger partial charge on any atom is 0.247 e. The van der Waals surface area contributed by atoms with E-state index < -0.39 is 12.1 Å². The molecule has 4 N–H and O–H groups in total. The van der Waals surface area contributed by atoms with Crippen molar-refractivity contribution in [1.82, 2.24) is 25.8 Å². The van der Waals surface area contributed by atoms with E-state index in [1.807, 2.05) is 48.7 Å². The molecule has 5 aliphatic rings. The number of phenols is 1. The normalized spacial score (nSPS) is 20.1. The number of phenolic OH excluding ortho intramolecular Hbond substituents is 1. The van der Waals surface area contributed by atoms with Crippen LogP contribution in [0.2, 0.25) is 0 Å². The number of aryl methyl sites for hydroxylation is 1. The van der Waals surface area contributed by atoms with Gasteiger partial charge in [0.1, 0.15) is 35.6 Å². The number of hydrogen-bond acceptors (Lipinski definition) is 10. The number of carbonyl (C=O) groups is 3. The zero-order valence-electron chi connectivity index (χ0n) is 34.7. The Balaban J connectivity index is 0.000000281. The molecule has 0 bridgehead atoms. The number of benzene rings is 3. The molecule has 1 aliphatic carbocycles. The second-order valence-corrected chi connectivity index (χ2v) is 16.1. The van der Waals surface area contributed by atoms with Crippen LogP contribution in [0.4, 0.5) is 5.69 Å². The number of anilines is 1. The lowest BCUT2D eigenvalue weighted by Gasteiger charge is -2.55. The second-order valence-electron chi connectivity index (χ2n) is 16.1. The molecule has 12 nitrogen and oxygen atoms in total. The number of carbonyl (C=O) groups excluding carboxylic acids is 3. The third-order valence-electron chi connectivity index (χ3n) is 12.1. The molecule has 8 rings (SSSR count). The fourth-order valence-electron chi connectivity index (χ4n) is 8.66. The second kappa shape index (κ2) is 21.5. The summed E-state index contributed by atoms with van der Waals surface area (Å²) in [6.07, 6.45) is 12.3. The van der Waals surface area contributed by atoms with E-state index in [-0.39, 0.29) is 30.4 Å². The summed E-state index contributed by atoms with van der Waals surface area (Å²) in [5.74, 6) is 1.89. The van der Waals surface area contributed by atoms with Crippen molar-refractivity contribution in [2.75, 3.05) is 71.5 Å². The highest BCUT2D eigenvalue weighted by molar-refractivity contribution is 5.91. The Bertz CT molecular complexity index is 1820. The summed E-state index contributed by atoms with van der Waals surface area (Å²) in [5, 5.41) is 17.6. The number of hydrogen-bond donors (Lipinski definition) is 4. The third kappa shape index (κ3) is 12.0. The number of fused-ring (bicyclic) bond motifs is 1. The monoisotopic (exact) mass is 806 g/mol. The molecule has 0 radical (unpaired) electrons. The largest absolute Gasteiger partial charge is 0.508 e. The summed E-state index contributed by atoms with van der Waals surface area (Å²) >= 11 is 0. The molecule has 316 valence electrons. The lowest BCUT2D eigenvalue weighted by Crippen LogP contribution is -2.58. The molecule has 2 atom stereocenters. The summed E-state index contributed by atoms with van der Waals surface area (Å²) in [5.41, 5.74) is 4.03. The maximum atomic E-state index is 12.9. The van der Waals surface area contributed by atoms with Gasteiger partial charge < -0.3 is 45.1 Å². The molecule has 0 aromatic heterocycles. The van der Waals surface area contributed by atoms with Crippen LogP contribution < -0.4 is 25.6 Å². The minimum absolute atomic E-state index is 0.195. The highest BCUT2D eigenvalue weighted by atomic mass is 16.5. The van der Waals surface area contributed by atoms with Gasteiger partial charge in [0, 0.05) is 82.7 Å². The van der Waals surface area contributed by atoms with E-state index >= 15 is 0 Å². The summed E-state index contributed by atoms with van der Waals surface area (Å²) < 4.78 is 11.0. The number of aldehydes is 1. The predicted octanol–water partition coefficient (Wildman–Crippen LogP) is 5.26. The Labute approximate surface area is 349 Å². The van der Waals surface area contributed by atoms with Crippen LogP contribution in [0.15, 0.2) is 109 Å². The van der Waals surface area contributed by atoms with Gasteiger partial charge in [0.2, 0.25) is 11.8 Å². The summed E-state index contributed by atoms with van der Waals surface area (Å²) in [7, 11) is 3.13. The molecule has 12 heteroatoms.